The number of rotatable bonds is 6. The summed E-state index contributed by atoms with van der Waals surface area (Å²) in [5.41, 5.74) is 16.9. The van der Waals surface area contributed by atoms with E-state index in [9.17, 15) is 0 Å². The van der Waals surface area contributed by atoms with E-state index in [0.717, 1.165) is 71.7 Å². The molecule has 0 spiro atoms. The minimum absolute atomic E-state index is 0.113. The Bertz CT molecular complexity index is 3840. The molecule has 13 rings (SSSR count). The monoisotopic (exact) mass is 831 g/mol. The Morgan fingerprint density at radius 3 is 1.57 bits per heavy atom. The number of hydrogen-bond acceptors (Lipinski definition) is 3. The number of aromatic nitrogens is 5. The van der Waals surface area contributed by atoms with E-state index in [0.29, 0.717) is 17.6 Å². The molecule has 65 heavy (non-hydrogen) atoms. The highest BCUT2D eigenvalue weighted by Gasteiger charge is 2.35. The van der Waals surface area contributed by atoms with E-state index in [2.05, 4.69) is 217 Å². The molecule has 1 aliphatic carbocycles. The van der Waals surface area contributed by atoms with E-state index in [1.54, 1.807) is 0 Å². The minimum atomic E-state index is -0.113. The number of benzene rings is 9. The third kappa shape index (κ3) is 5.62. The molecule has 9 aromatic carbocycles. The highest BCUT2D eigenvalue weighted by Crippen LogP contribution is 2.50. The predicted octanol–water partition coefficient (Wildman–Crippen LogP) is 15.0. The van der Waals surface area contributed by atoms with Gasteiger partial charge >= 0.3 is 0 Å². The molecule has 0 amide bonds. The molecular formula is C60H41N5. The van der Waals surface area contributed by atoms with Crippen molar-refractivity contribution in [3.63, 3.8) is 0 Å². The fourth-order valence-corrected chi connectivity index (χ4v) is 10.6. The molecule has 0 unspecified atom stereocenters. The van der Waals surface area contributed by atoms with Gasteiger partial charge in [0.25, 0.3) is 0 Å². The lowest BCUT2D eigenvalue weighted by molar-refractivity contribution is 0.660. The lowest BCUT2D eigenvalue weighted by Crippen LogP contribution is -2.14. The summed E-state index contributed by atoms with van der Waals surface area (Å²) in [5.74, 6) is 1.80. The molecule has 0 atom stereocenters. The highest BCUT2D eigenvalue weighted by molar-refractivity contribution is 6.24. The van der Waals surface area contributed by atoms with Crippen LogP contribution in [0.4, 0.5) is 0 Å². The molecule has 0 aliphatic heterocycles. The molecule has 3 aromatic heterocycles. The van der Waals surface area contributed by atoms with Crippen molar-refractivity contribution in [3.8, 4) is 67.8 Å². The Kier molecular flexibility index (Phi) is 8.18. The summed E-state index contributed by atoms with van der Waals surface area (Å²) >= 11 is 0. The van der Waals surface area contributed by atoms with Crippen LogP contribution in [0.1, 0.15) is 25.0 Å². The smallest absolute Gasteiger partial charge is 0.238 e. The van der Waals surface area contributed by atoms with E-state index in [4.69, 9.17) is 15.0 Å². The first-order valence-electron chi connectivity index (χ1n) is 22.3. The van der Waals surface area contributed by atoms with Crippen LogP contribution in [-0.2, 0) is 5.41 Å². The molecule has 5 heteroatoms. The van der Waals surface area contributed by atoms with Gasteiger partial charge in [0.1, 0.15) is 0 Å². The standard InChI is InChI=1S/C60H41N5/c1-60(2)49-29-15-12-25-43(49)48-37-41(33-36-50(48)60)58-61-57(40-23-10-5-11-24-40)62-59(63-58)65-52-31-17-14-27-45(52)47-35-34-46-44-26-13-16-30-51(44)64(55(46)56(47)65)53-32-18-28-42(38-19-6-3-7-20-38)54(53)39-21-8-4-9-22-39/h3-37H,1-2H3. The fourth-order valence-electron chi connectivity index (χ4n) is 10.6. The normalized spacial score (nSPS) is 12.9. The van der Waals surface area contributed by atoms with Crippen LogP contribution >= 0.6 is 0 Å². The lowest BCUT2D eigenvalue weighted by atomic mass is 9.82. The van der Waals surface area contributed by atoms with Crippen LogP contribution in [-0.4, -0.2) is 24.1 Å². The second-order valence-corrected chi connectivity index (χ2v) is 17.6. The van der Waals surface area contributed by atoms with Gasteiger partial charge in [-0.1, -0.05) is 202 Å². The van der Waals surface area contributed by atoms with Crippen molar-refractivity contribution < 1.29 is 0 Å². The zero-order valence-electron chi connectivity index (χ0n) is 35.9. The van der Waals surface area contributed by atoms with Gasteiger partial charge in [-0.15, -0.1) is 0 Å². The topological polar surface area (TPSA) is 48.5 Å². The van der Waals surface area contributed by atoms with Crippen molar-refractivity contribution in [3.05, 3.63) is 223 Å². The van der Waals surface area contributed by atoms with Gasteiger partial charge < -0.3 is 4.57 Å². The van der Waals surface area contributed by atoms with Gasteiger partial charge in [-0.25, -0.2) is 4.98 Å². The van der Waals surface area contributed by atoms with Crippen molar-refractivity contribution in [1.29, 1.82) is 0 Å². The molecule has 0 N–H and O–H groups in total. The maximum atomic E-state index is 5.50. The molecule has 1 aliphatic rings. The first kappa shape index (κ1) is 37.2. The van der Waals surface area contributed by atoms with Crippen LogP contribution in [0.25, 0.3) is 111 Å². The molecule has 0 saturated heterocycles. The van der Waals surface area contributed by atoms with Crippen LogP contribution in [0.3, 0.4) is 0 Å². The summed E-state index contributed by atoms with van der Waals surface area (Å²) in [6.07, 6.45) is 0. The van der Waals surface area contributed by atoms with Crippen molar-refractivity contribution >= 4 is 43.6 Å². The quantitative estimate of drug-likeness (QED) is 0.168. The van der Waals surface area contributed by atoms with Crippen molar-refractivity contribution in [1.82, 2.24) is 24.1 Å². The van der Waals surface area contributed by atoms with Crippen LogP contribution in [0, 0.1) is 0 Å². The molecule has 0 bridgehead atoms. The van der Waals surface area contributed by atoms with Gasteiger partial charge in [-0.05, 0) is 63.2 Å². The first-order chi connectivity index (χ1) is 32.0. The lowest BCUT2D eigenvalue weighted by Gasteiger charge is -2.21. The maximum Gasteiger partial charge on any atom is 0.238 e. The predicted molar refractivity (Wildman–Crippen MR) is 268 cm³/mol. The Morgan fingerprint density at radius 1 is 0.354 bits per heavy atom. The summed E-state index contributed by atoms with van der Waals surface area (Å²) in [7, 11) is 0. The molecule has 12 aromatic rings. The summed E-state index contributed by atoms with van der Waals surface area (Å²) in [6.45, 7) is 4.63. The van der Waals surface area contributed by atoms with E-state index in [1.807, 2.05) is 18.2 Å². The van der Waals surface area contributed by atoms with E-state index in [1.165, 1.54) is 33.2 Å². The summed E-state index contributed by atoms with van der Waals surface area (Å²) in [5, 5.41) is 4.58. The summed E-state index contributed by atoms with van der Waals surface area (Å²) in [4.78, 5) is 16.2. The molecule has 0 fully saturated rings. The van der Waals surface area contributed by atoms with Crippen molar-refractivity contribution in [2.75, 3.05) is 0 Å². The highest BCUT2D eigenvalue weighted by atomic mass is 15.2. The van der Waals surface area contributed by atoms with Crippen molar-refractivity contribution in [2.24, 2.45) is 0 Å². The number of fused-ring (bicyclic) bond motifs is 10. The van der Waals surface area contributed by atoms with Crippen LogP contribution in [0.2, 0.25) is 0 Å². The zero-order chi connectivity index (χ0) is 43.2. The van der Waals surface area contributed by atoms with Crippen LogP contribution in [0.15, 0.2) is 212 Å². The third-order valence-corrected chi connectivity index (χ3v) is 13.6. The van der Waals surface area contributed by atoms with Gasteiger partial charge in [0.15, 0.2) is 11.6 Å². The fraction of sp³-hybridized carbons (Fsp3) is 0.0500. The average molecular weight is 832 g/mol. The Hall–Kier alpha value is -8.41. The number of nitrogens with zero attached hydrogens (tertiary/aromatic N) is 5. The van der Waals surface area contributed by atoms with Crippen LogP contribution in [0.5, 0.6) is 0 Å². The van der Waals surface area contributed by atoms with Gasteiger partial charge in [0.05, 0.1) is 27.8 Å². The molecule has 0 saturated carbocycles. The summed E-state index contributed by atoms with van der Waals surface area (Å²) in [6, 6.07) is 76.1. The van der Waals surface area contributed by atoms with E-state index >= 15 is 0 Å². The Labute approximate surface area is 376 Å². The van der Waals surface area contributed by atoms with Crippen LogP contribution < -0.4 is 0 Å². The average Bonchev–Trinajstić information content (AvgIpc) is 3.97. The molecule has 0 radical (unpaired) electrons. The molecule has 306 valence electrons. The second-order valence-electron chi connectivity index (χ2n) is 17.6. The van der Waals surface area contributed by atoms with Gasteiger partial charge in [-0.3, -0.25) is 4.57 Å². The Morgan fingerprint density at radius 2 is 0.877 bits per heavy atom. The van der Waals surface area contributed by atoms with Crippen molar-refractivity contribution in [2.45, 2.75) is 19.3 Å². The first-order valence-corrected chi connectivity index (χ1v) is 22.3. The largest absolute Gasteiger partial charge is 0.307 e. The van der Waals surface area contributed by atoms with E-state index in [-0.39, 0.29) is 5.41 Å². The molecular weight excluding hydrogens is 791 g/mol. The van der Waals surface area contributed by atoms with Gasteiger partial charge in [0.2, 0.25) is 5.95 Å². The number of hydrogen-bond donors (Lipinski definition) is 0. The second kappa shape index (κ2) is 14.3. The maximum absolute atomic E-state index is 5.50. The number of para-hydroxylation sites is 2. The molecule has 5 nitrogen and oxygen atoms in total. The summed E-state index contributed by atoms with van der Waals surface area (Å²) < 4.78 is 4.77. The molecule has 3 heterocycles. The Balaban J connectivity index is 1.15. The van der Waals surface area contributed by atoms with Gasteiger partial charge in [0, 0.05) is 43.7 Å². The minimum Gasteiger partial charge on any atom is -0.307 e. The van der Waals surface area contributed by atoms with E-state index < -0.39 is 0 Å². The van der Waals surface area contributed by atoms with Gasteiger partial charge in [-0.2, -0.15) is 9.97 Å². The SMILES string of the molecule is CC1(C)c2ccccc2-c2cc(-c3nc(-c4ccccc4)nc(-n4c5ccccc5c5ccc6c7ccccc7n(-c7cccc(-c8ccccc8)c7-c7ccccc7)c6c54)n3)ccc21. The third-order valence-electron chi connectivity index (χ3n) is 13.6. The zero-order valence-corrected chi connectivity index (χ0v) is 35.9.